The first-order valence-corrected chi connectivity index (χ1v) is 11.3. The Morgan fingerprint density at radius 1 is 1.21 bits per heavy atom. The van der Waals surface area contributed by atoms with E-state index in [0.29, 0.717) is 0 Å². The second-order valence-corrected chi connectivity index (χ2v) is 9.17. The fourth-order valence-corrected chi connectivity index (χ4v) is 4.55. The van der Waals surface area contributed by atoms with E-state index in [1.165, 1.54) is 12.1 Å². The van der Waals surface area contributed by atoms with Gasteiger partial charge in [-0.15, -0.1) is 0 Å². The van der Waals surface area contributed by atoms with Crippen LogP contribution in [0.15, 0.2) is 35.5 Å². The van der Waals surface area contributed by atoms with Crippen LogP contribution in [-0.2, 0) is 14.8 Å². The van der Waals surface area contributed by atoms with E-state index < -0.39 is 68.7 Å². The average Bonchev–Trinajstić information content (AvgIpc) is 2.74. The third-order valence-corrected chi connectivity index (χ3v) is 6.43. The minimum absolute atomic E-state index is 0.0517. The van der Waals surface area contributed by atoms with Gasteiger partial charge in [-0.3, -0.25) is 4.79 Å². The summed E-state index contributed by atoms with van der Waals surface area (Å²) >= 11 is 0. The van der Waals surface area contributed by atoms with Gasteiger partial charge in [0.25, 0.3) is 10.0 Å². The largest absolute Gasteiger partial charge is 0.493 e. The summed E-state index contributed by atoms with van der Waals surface area (Å²) in [6.45, 7) is 0. The third kappa shape index (κ3) is 5.41. The molecule has 0 radical (unpaired) electrons. The molecule has 2 aromatic rings. The van der Waals surface area contributed by atoms with Gasteiger partial charge in [-0.25, -0.2) is 22.9 Å². The Bertz CT molecular complexity index is 1160. The number of carbonyl (C=O) groups excluding carboxylic acids is 1. The highest BCUT2D eigenvalue weighted by molar-refractivity contribution is 7.89. The maximum absolute atomic E-state index is 14.3. The van der Waals surface area contributed by atoms with E-state index in [4.69, 9.17) is 9.88 Å². The number of amides is 1. The molecule has 1 fully saturated rings. The van der Waals surface area contributed by atoms with Crippen molar-refractivity contribution in [3.63, 3.8) is 0 Å². The normalized spacial score (nSPS) is 21.5. The summed E-state index contributed by atoms with van der Waals surface area (Å²) in [6.07, 6.45) is -4.55. The molecule has 180 valence electrons. The second-order valence-electron chi connectivity index (χ2n) is 7.67. The van der Waals surface area contributed by atoms with Crippen molar-refractivity contribution in [1.29, 1.82) is 0 Å². The fraction of sp³-hybridized carbons (Fsp3) is 0.400. The molecule has 3 rings (SSSR count). The van der Waals surface area contributed by atoms with Crippen molar-refractivity contribution in [2.24, 2.45) is 17.0 Å². The first-order valence-electron chi connectivity index (χ1n) is 9.71. The Hall–Kier alpha value is -2.80. The van der Waals surface area contributed by atoms with E-state index in [2.05, 4.69) is 10.3 Å². The molecule has 33 heavy (non-hydrogen) atoms. The molecule has 0 saturated heterocycles. The lowest BCUT2D eigenvalue weighted by Gasteiger charge is -2.36. The number of ether oxygens (including phenoxy) is 1. The van der Waals surface area contributed by atoms with Gasteiger partial charge in [0.15, 0.2) is 16.6 Å². The van der Waals surface area contributed by atoms with Crippen molar-refractivity contribution in [2.45, 2.75) is 36.4 Å². The highest BCUT2D eigenvalue weighted by Crippen LogP contribution is 2.48. The number of rotatable bonds is 5. The number of anilines is 1. The van der Waals surface area contributed by atoms with E-state index >= 15 is 0 Å². The molecule has 1 aromatic carbocycles. The lowest BCUT2D eigenvalue weighted by molar-refractivity contribution is -0.187. The predicted octanol–water partition coefficient (Wildman–Crippen LogP) is 3.72. The molecule has 3 N–H and O–H groups in total. The quantitative estimate of drug-likeness (QED) is 0.617. The summed E-state index contributed by atoms with van der Waals surface area (Å²) in [5, 5.41) is 6.85. The number of pyridine rings is 1. The van der Waals surface area contributed by atoms with E-state index in [0.717, 1.165) is 25.4 Å². The Labute approximate surface area is 186 Å². The molecule has 3 atom stereocenters. The van der Waals surface area contributed by atoms with E-state index in [1.807, 2.05) is 0 Å². The summed E-state index contributed by atoms with van der Waals surface area (Å²) in [5.41, 5.74) is 0.0151. The number of hydrogen-bond donors (Lipinski definition) is 2. The highest BCUT2D eigenvalue weighted by atomic mass is 32.2. The molecule has 1 aliphatic rings. The Balaban J connectivity index is 1.98. The molecule has 1 saturated carbocycles. The molecule has 0 aliphatic heterocycles. The molecule has 13 heteroatoms. The summed E-state index contributed by atoms with van der Waals surface area (Å²) < 4.78 is 96.1. The van der Waals surface area contributed by atoms with Crippen molar-refractivity contribution in [3.8, 4) is 5.75 Å². The molecule has 0 bridgehead atoms. The Morgan fingerprint density at radius 2 is 1.91 bits per heavy atom. The number of carbonyl (C=O) groups is 1. The van der Waals surface area contributed by atoms with Crippen LogP contribution in [-0.4, -0.2) is 32.6 Å². The van der Waals surface area contributed by atoms with E-state index in [9.17, 15) is 35.2 Å². The van der Waals surface area contributed by atoms with Crippen LogP contribution in [0.3, 0.4) is 0 Å². The number of nitrogens with two attached hydrogens (primary N) is 1. The average molecular weight is 493 g/mol. The zero-order valence-electron chi connectivity index (χ0n) is 17.2. The number of primary sulfonamides is 1. The van der Waals surface area contributed by atoms with Crippen LogP contribution in [0.1, 0.15) is 30.7 Å². The standard InChI is InChI=1S/C20H20F5N3O4S/c1-32-18-13(4-5-15(21)17(18)22)12-3-2-10(20(23,24)25)8-14(12)19(29)28-11-6-7-27-16(9-11)33(26,30)31/h4-7,9-10,12,14H,2-3,8H2,1H3,(H2,26,30,31)(H,27,28,29)/t10-,12?,14?/m0/s1. The lowest BCUT2D eigenvalue weighted by Crippen LogP contribution is -2.38. The Kier molecular flexibility index (Phi) is 6.93. The minimum Gasteiger partial charge on any atom is -0.493 e. The van der Waals surface area contributed by atoms with Crippen LogP contribution >= 0.6 is 0 Å². The zero-order valence-corrected chi connectivity index (χ0v) is 18.0. The smallest absolute Gasteiger partial charge is 0.391 e. The monoisotopic (exact) mass is 493 g/mol. The predicted molar refractivity (Wildman–Crippen MR) is 107 cm³/mol. The van der Waals surface area contributed by atoms with Crippen LogP contribution in [0.25, 0.3) is 0 Å². The minimum atomic E-state index is -4.56. The van der Waals surface area contributed by atoms with Gasteiger partial charge in [-0.1, -0.05) is 6.07 Å². The van der Waals surface area contributed by atoms with Crippen molar-refractivity contribution in [3.05, 3.63) is 47.7 Å². The number of hydrogen-bond acceptors (Lipinski definition) is 5. The Morgan fingerprint density at radius 3 is 2.52 bits per heavy atom. The molecule has 7 nitrogen and oxygen atoms in total. The fourth-order valence-electron chi connectivity index (χ4n) is 4.05. The molecule has 1 aliphatic carbocycles. The molecule has 0 spiro atoms. The summed E-state index contributed by atoms with van der Waals surface area (Å²) in [5.74, 6) is -7.83. The van der Waals surface area contributed by atoms with Crippen LogP contribution in [0.4, 0.5) is 27.6 Å². The van der Waals surface area contributed by atoms with Gasteiger partial charge in [0.05, 0.1) is 13.0 Å². The zero-order chi connectivity index (χ0) is 24.6. The number of benzene rings is 1. The van der Waals surface area contributed by atoms with E-state index in [-0.39, 0.29) is 24.1 Å². The molecule has 1 amide bonds. The number of halogens is 5. The number of sulfonamides is 1. The summed E-state index contributed by atoms with van der Waals surface area (Å²) in [7, 11) is -3.10. The van der Waals surface area contributed by atoms with Crippen LogP contribution in [0, 0.1) is 23.5 Å². The molecular weight excluding hydrogens is 473 g/mol. The van der Waals surface area contributed by atoms with Gasteiger partial charge in [-0.2, -0.15) is 17.6 Å². The maximum Gasteiger partial charge on any atom is 0.391 e. The van der Waals surface area contributed by atoms with Crippen LogP contribution in [0.2, 0.25) is 0 Å². The van der Waals surface area contributed by atoms with Gasteiger partial charge < -0.3 is 10.1 Å². The van der Waals surface area contributed by atoms with Crippen LogP contribution < -0.4 is 15.2 Å². The second kappa shape index (κ2) is 9.21. The molecule has 2 unspecified atom stereocenters. The topological polar surface area (TPSA) is 111 Å². The number of aromatic nitrogens is 1. The molecule has 1 heterocycles. The molecule has 1 aromatic heterocycles. The summed E-state index contributed by atoms with van der Waals surface area (Å²) in [6, 6.07) is 4.20. The number of nitrogens with zero attached hydrogens (tertiary/aromatic N) is 1. The number of alkyl halides is 3. The van der Waals surface area contributed by atoms with Gasteiger partial charge in [0, 0.05) is 29.4 Å². The summed E-state index contributed by atoms with van der Waals surface area (Å²) in [4.78, 5) is 16.6. The first kappa shape index (κ1) is 24.8. The van der Waals surface area contributed by atoms with Crippen molar-refractivity contribution in [1.82, 2.24) is 4.98 Å². The SMILES string of the molecule is COc1c(C2CC[C@H](C(F)(F)F)CC2C(=O)Nc2ccnc(S(N)(=O)=O)c2)ccc(F)c1F. The van der Waals surface area contributed by atoms with Gasteiger partial charge in [0.2, 0.25) is 11.7 Å². The maximum atomic E-state index is 14.3. The van der Waals surface area contributed by atoms with Crippen molar-refractivity contribution >= 4 is 21.6 Å². The van der Waals surface area contributed by atoms with Gasteiger partial charge in [0.1, 0.15) is 0 Å². The van der Waals surface area contributed by atoms with E-state index in [1.54, 1.807) is 0 Å². The third-order valence-electron chi connectivity index (χ3n) is 5.63. The number of methoxy groups -OCH3 is 1. The van der Waals surface area contributed by atoms with Crippen LogP contribution in [0.5, 0.6) is 5.75 Å². The first-order chi connectivity index (χ1) is 15.3. The lowest BCUT2D eigenvalue weighted by atomic mass is 9.70. The highest BCUT2D eigenvalue weighted by Gasteiger charge is 2.47. The van der Waals surface area contributed by atoms with Gasteiger partial charge >= 0.3 is 6.18 Å². The van der Waals surface area contributed by atoms with Gasteiger partial charge in [-0.05, 0) is 37.3 Å². The number of nitrogens with one attached hydrogen (secondary N) is 1. The molecular formula is C20H20F5N3O4S. The van der Waals surface area contributed by atoms with Crippen molar-refractivity contribution < 1.29 is 39.9 Å². The van der Waals surface area contributed by atoms with Crippen molar-refractivity contribution in [2.75, 3.05) is 12.4 Å².